The fraction of sp³-hybridized carbons (Fsp3) is 0.932. The molecule has 1 atom stereocenters. The number of carbonyl (C=O) groups excluding carboxylic acids is 3. The third kappa shape index (κ3) is 66.9. The Morgan fingerprint density at radius 1 is 0.237 bits per heavy atom. The Morgan fingerprint density at radius 3 is 0.625 bits per heavy atom. The van der Waals surface area contributed by atoms with Gasteiger partial charge in [0.05, 0.1) is 0 Å². The fourth-order valence-electron chi connectivity index (χ4n) is 11.5. The number of carbonyl (C=O) groups is 3. The molecule has 0 fully saturated rings. The highest BCUT2D eigenvalue weighted by Gasteiger charge is 2.20. The van der Waals surface area contributed by atoms with Gasteiger partial charge in [0.2, 0.25) is 0 Å². The van der Waals surface area contributed by atoms with Gasteiger partial charge in [0.15, 0.2) is 6.10 Å². The number of allylic oxidation sites excluding steroid dienone is 2. The Balaban J connectivity index is 4.08. The molecular weight excluding hydrogens is 985 g/mol. The van der Waals surface area contributed by atoms with E-state index in [2.05, 4.69) is 32.9 Å². The van der Waals surface area contributed by atoms with Crippen LogP contribution in [0.15, 0.2) is 12.2 Å². The van der Waals surface area contributed by atoms with E-state index in [0.717, 1.165) is 57.8 Å². The molecule has 0 saturated heterocycles. The maximum atomic E-state index is 12.9. The first kappa shape index (κ1) is 78.1. The molecule has 0 aromatic heterocycles. The average Bonchev–Trinajstić information content (AvgIpc) is 3.46. The molecular formula is C74H142O6. The summed E-state index contributed by atoms with van der Waals surface area (Å²) in [5, 5.41) is 0. The zero-order valence-electron chi connectivity index (χ0n) is 54.6. The van der Waals surface area contributed by atoms with E-state index in [1.807, 2.05) is 0 Å². The van der Waals surface area contributed by atoms with Crippen molar-refractivity contribution in [2.45, 2.75) is 431 Å². The van der Waals surface area contributed by atoms with Crippen LogP contribution in [0.5, 0.6) is 0 Å². The summed E-state index contributed by atoms with van der Waals surface area (Å²) in [6.07, 6.45) is 84.1. The normalized spacial score (nSPS) is 12.0. The lowest BCUT2D eigenvalue weighted by Gasteiger charge is -2.18. The van der Waals surface area contributed by atoms with Gasteiger partial charge in [-0.1, -0.05) is 373 Å². The van der Waals surface area contributed by atoms with Crippen molar-refractivity contribution in [1.29, 1.82) is 0 Å². The van der Waals surface area contributed by atoms with Gasteiger partial charge in [0.1, 0.15) is 13.2 Å². The number of rotatable bonds is 69. The lowest BCUT2D eigenvalue weighted by molar-refractivity contribution is -0.167. The van der Waals surface area contributed by atoms with Crippen LogP contribution in [0.25, 0.3) is 0 Å². The smallest absolute Gasteiger partial charge is 0.306 e. The lowest BCUT2D eigenvalue weighted by atomic mass is 10.0. The predicted molar refractivity (Wildman–Crippen MR) is 349 cm³/mol. The molecule has 0 aliphatic heterocycles. The van der Waals surface area contributed by atoms with Crippen LogP contribution in [-0.4, -0.2) is 37.2 Å². The van der Waals surface area contributed by atoms with Gasteiger partial charge >= 0.3 is 17.9 Å². The number of esters is 3. The Morgan fingerprint density at radius 2 is 0.412 bits per heavy atom. The Hall–Kier alpha value is -1.85. The van der Waals surface area contributed by atoms with Gasteiger partial charge in [0.25, 0.3) is 0 Å². The molecule has 0 N–H and O–H groups in total. The van der Waals surface area contributed by atoms with Gasteiger partial charge in [-0.15, -0.1) is 0 Å². The van der Waals surface area contributed by atoms with Crippen LogP contribution in [0.2, 0.25) is 0 Å². The van der Waals surface area contributed by atoms with Gasteiger partial charge in [-0.2, -0.15) is 0 Å². The number of unbranched alkanes of at least 4 members (excludes halogenated alkanes) is 56. The molecule has 0 radical (unpaired) electrons. The van der Waals surface area contributed by atoms with Gasteiger partial charge in [-0.3, -0.25) is 14.4 Å². The predicted octanol–water partition coefficient (Wildman–Crippen LogP) is 25.2. The molecule has 474 valence electrons. The topological polar surface area (TPSA) is 78.9 Å². The molecule has 0 aromatic rings. The SMILES string of the molecule is CCCCCCCCCC/C=C\CCCCCCCCCCCCCCCCCCCCCC(=O)OCC(COC(=O)CCCCCCCCCCCCC)OC(=O)CCCCCCCCCCCCCCCCCCCCCC. The third-order valence-electron chi connectivity index (χ3n) is 17.0. The highest BCUT2D eigenvalue weighted by Crippen LogP contribution is 2.19. The summed E-state index contributed by atoms with van der Waals surface area (Å²) >= 11 is 0. The standard InChI is InChI=1S/C74H142O6/c1-4-7-10-13-16-19-22-24-26-28-30-32-33-34-35-36-37-38-39-40-41-42-44-45-47-49-52-55-58-61-64-67-73(76)79-70-71(69-78-72(75)66-63-60-57-54-51-21-18-15-12-9-6-3)80-74(77)68-65-62-59-56-53-50-48-46-43-31-29-27-25-23-20-17-14-11-8-5-2/h28,30,71H,4-27,29,31-70H2,1-3H3/b30-28-. The van der Waals surface area contributed by atoms with Crippen LogP contribution in [-0.2, 0) is 28.6 Å². The summed E-state index contributed by atoms with van der Waals surface area (Å²) < 4.78 is 17.0. The molecule has 1 unspecified atom stereocenters. The Kier molecular flexibility index (Phi) is 68.0. The highest BCUT2D eigenvalue weighted by atomic mass is 16.6. The van der Waals surface area contributed by atoms with Crippen molar-refractivity contribution < 1.29 is 28.6 Å². The van der Waals surface area contributed by atoms with E-state index in [-0.39, 0.29) is 31.1 Å². The first-order chi connectivity index (χ1) is 39.5. The third-order valence-corrected chi connectivity index (χ3v) is 17.0. The minimum Gasteiger partial charge on any atom is -0.462 e. The van der Waals surface area contributed by atoms with E-state index >= 15 is 0 Å². The molecule has 0 amide bonds. The van der Waals surface area contributed by atoms with Crippen LogP contribution in [0.4, 0.5) is 0 Å². The van der Waals surface area contributed by atoms with E-state index in [1.165, 1.54) is 327 Å². The fourth-order valence-corrected chi connectivity index (χ4v) is 11.5. The minimum atomic E-state index is -0.764. The first-order valence-corrected chi connectivity index (χ1v) is 36.7. The van der Waals surface area contributed by atoms with Gasteiger partial charge in [-0.25, -0.2) is 0 Å². The zero-order chi connectivity index (χ0) is 57.8. The van der Waals surface area contributed by atoms with Crippen molar-refractivity contribution in [3.63, 3.8) is 0 Å². The van der Waals surface area contributed by atoms with Crippen LogP contribution >= 0.6 is 0 Å². The molecule has 6 heteroatoms. The first-order valence-electron chi connectivity index (χ1n) is 36.7. The highest BCUT2D eigenvalue weighted by molar-refractivity contribution is 5.71. The molecule has 0 rings (SSSR count). The zero-order valence-corrected chi connectivity index (χ0v) is 54.6. The van der Waals surface area contributed by atoms with E-state index < -0.39 is 6.10 Å². The Bertz CT molecular complexity index is 1250. The summed E-state index contributed by atoms with van der Waals surface area (Å²) in [7, 11) is 0. The number of hydrogen-bond donors (Lipinski definition) is 0. The maximum absolute atomic E-state index is 12.9. The molecule has 0 aromatic carbocycles. The van der Waals surface area contributed by atoms with Crippen molar-refractivity contribution in [3.8, 4) is 0 Å². The molecule has 0 aliphatic carbocycles. The molecule has 0 aliphatic rings. The summed E-state index contributed by atoms with van der Waals surface area (Å²) in [6.45, 7) is 6.72. The van der Waals surface area contributed by atoms with E-state index in [0.29, 0.717) is 19.3 Å². The Labute approximate surface area is 501 Å². The lowest BCUT2D eigenvalue weighted by Crippen LogP contribution is -2.30. The van der Waals surface area contributed by atoms with E-state index in [4.69, 9.17) is 14.2 Å². The summed E-state index contributed by atoms with van der Waals surface area (Å²) in [5.74, 6) is -0.826. The van der Waals surface area contributed by atoms with E-state index in [9.17, 15) is 14.4 Å². The molecule has 0 bridgehead atoms. The molecule has 80 heavy (non-hydrogen) atoms. The van der Waals surface area contributed by atoms with Gasteiger partial charge in [0, 0.05) is 19.3 Å². The van der Waals surface area contributed by atoms with Crippen molar-refractivity contribution in [3.05, 3.63) is 12.2 Å². The van der Waals surface area contributed by atoms with Crippen LogP contribution in [0.3, 0.4) is 0 Å². The number of ether oxygens (including phenoxy) is 3. The molecule has 0 spiro atoms. The van der Waals surface area contributed by atoms with Crippen molar-refractivity contribution >= 4 is 17.9 Å². The second-order valence-corrected chi connectivity index (χ2v) is 25.2. The maximum Gasteiger partial charge on any atom is 0.306 e. The van der Waals surface area contributed by atoms with Crippen LogP contribution in [0.1, 0.15) is 425 Å². The summed E-state index contributed by atoms with van der Waals surface area (Å²) in [6, 6.07) is 0. The van der Waals surface area contributed by atoms with E-state index in [1.54, 1.807) is 0 Å². The summed E-state index contributed by atoms with van der Waals surface area (Å²) in [4.78, 5) is 38.4. The van der Waals surface area contributed by atoms with Crippen molar-refractivity contribution in [2.24, 2.45) is 0 Å². The minimum absolute atomic E-state index is 0.0619. The summed E-state index contributed by atoms with van der Waals surface area (Å²) in [5.41, 5.74) is 0. The quantitative estimate of drug-likeness (QED) is 0.0261. The molecule has 0 heterocycles. The number of hydrogen-bond acceptors (Lipinski definition) is 6. The second-order valence-electron chi connectivity index (χ2n) is 25.2. The van der Waals surface area contributed by atoms with Crippen LogP contribution in [0, 0.1) is 0 Å². The van der Waals surface area contributed by atoms with Crippen molar-refractivity contribution in [2.75, 3.05) is 13.2 Å². The second kappa shape index (κ2) is 69.6. The van der Waals surface area contributed by atoms with Gasteiger partial charge < -0.3 is 14.2 Å². The van der Waals surface area contributed by atoms with Crippen LogP contribution < -0.4 is 0 Å². The molecule has 6 nitrogen and oxygen atoms in total. The largest absolute Gasteiger partial charge is 0.462 e. The van der Waals surface area contributed by atoms with Gasteiger partial charge in [-0.05, 0) is 44.9 Å². The molecule has 0 saturated carbocycles. The monoisotopic (exact) mass is 1130 g/mol. The average molecular weight is 1130 g/mol. The van der Waals surface area contributed by atoms with Crippen molar-refractivity contribution in [1.82, 2.24) is 0 Å².